The third-order valence-corrected chi connectivity index (χ3v) is 6.37. The highest BCUT2D eigenvalue weighted by Crippen LogP contribution is 2.62. The Labute approximate surface area is 133 Å². The van der Waals surface area contributed by atoms with E-state index in [4.69, 9.17) is 11.1 Å². The van der Waals surface area contributed by atoms with Gasteiger partial charge in [-0.2, -0.15) is 0 Å². The monoisotopic (exact) mass is 304 g/mol. The van der Waals surface area contributed by atoms with E-state index in [1.165, 1.54) is 43.2 Å². The van der Waals surface area contributed by atoms with E-state index in [9.17, 15) is 0 Å². The molecule has 0 aliphatic heterocycles. The normalized spacial score (nSPS) is 39.9. The Morgan fingerprint density at radius 1 is 1.10 bits per heavy atom. The van der Waals surface area contributed by atoms with Gasteiger partial charge in [0.05, 0.1) is 5.41 Å². The molecule has 4 saturated carbocycles. The van der Waals surface area contributed by atoms with E-state index in [-0.39, 0.29) is 17.8 Å². The number of nitrogens with two attached hydrogens (primary N) is 1. The van der Waals surface area contributed by atoms with Gasteiger partial charge in [0, 0.05) is 0 Å². The Morgan fingerprint density at radius 3 is 2.14 bits per heavy atom. The van der Waals surface area contributed by atoms with Crippen molar-refractivity contribution in [1.82, 2.24) is 0 Å². The first-order chi connectivity index (χ1) is 9.60. The van der Waals surface area contributed by atoms with Gasteiger partial charge in [0.2, 0.25) is 0 Å². The molecule has 4 aliphatic carbocycles. The van der Waals surface area contributed by atoms with Gasteiger partial charge in [0.15, 0.2) is 0 Å². The number of rotatable bonds is 2. The number of amidine groups is 1. The van der Waals surface area contributed by atoms with Crippen LogP contribution in [0.1, 0.15) is 43.2 Å². The molecule has 0 aromatic heterocycles. The van der Waals surface area contributed by atoms with Crippen molar-refractivity contribution >= 4 is 18.2 Å². The molecule has 3 heteroatoms. The van der Waals surface area contributed by atoms with E-state index in [1.54, 1.807) is 0 Å². The Balaban J connectivity index is 0.00000132. The van der Waals surface area contributed by atoms with E-state index in [0.717, 1.165) is 11.8 Å². The first-order valence-electron chi connectivity index (χ1n) is 8.02. The van der Waals surface area contributed by atoms with Crippen molar-refractivity contribution in [2.75, 3.05) is 0 Å². The quantitative estimate of drug-likeness (QED) is 0.628. The van der Waals surface area contributed by atoms with Gasteiger partial charge in [-0.25, -0.2) is 0 Å². The highest BCUT2D eigenvalue weighted by molar-refractivity contribution is 5.90. The first-order valence-corrected chi connectivity index (χ1v) is 8.02. The molecule has 4 fully saturated rings. The van der Waals surface area contributed by atoms with E-state index in [0.29, 0.717) is 17.7 Å². The number of aryl methyl sites for hydroxylation is 1. The van der Waals surface area contributed by atoms with Crippen molar-refractivity contribution < 1.29 is 0 Å². The van der Waals surface area contributed by atoms with Gasteiger partial charge in [0.25, 0.3) is 0 Å². The van der Waals surface area contributed by atoms with Crippen LogP contribution >= 0.6 is 12.4 Å². The first kappa shape index (κ1) is 14.9. The highest BCUT2D eigenvalue weighted by Gasteiger charge is 2.59. The van der Waals surface area contributed by atoms with Gasteiger partial charge in [-0.05, 0) is 68.3 Å². The van der Waals surface area contributed by atoms with Gasteiger partial charge in [0.1, 0.15) is 5.84 Å². The number of benzene rings is 1. The summed E-state index contributed by atoms with van der Waals surface area (Å²) in [5.41, 5.74) is 8.67. The van der Waals surface area contributed by atoms with Crippen molar-refractivity contribution in [3.63, 3.8) is 0 Å². The minimum absolute atomic E-state index is 0. The second kappa shape index (κ2) is 5.01. The Morgan fingerprint density at radius 2 is 1.67 bits per heavy atom. The van der Waals surface area contributed by atoms with Crippen LogP contribution in [0.4, 0.5) is 0 Å². The summed E-state index contributed by atoms with van der Waals surface area (Å²) in [4.78, 5) is 0. The maximum absolute atomic E-state index is 8.40. The average Bonchev–Trinajstić information content (AvgIpc) is 2.37. The number of halogens is 1. The van der Waals surface area contributed by atoms with Crippen LogP contribution in [-0.4, -0.2) is 5.84 Å². The molecule has 0 saturated heterocycles. The lowest BCUT2D eigenvalue weighted by Crippen LogP contribution is -2.61. The van der Waals surface area contributed by atoms with Gasteiger partial charge in [-0.3, -0.25) is 5.41 Å². The predicted molar refractivity (Wildman–Crippen MR) is 89.1 cm³/mol. The topological polar surface area (TPSA) is 49.9 Å². The van der Waals surface area contributed by atoms with Crippen molar-refractivity contribution in [3.05, 3.63) is 35.4 Å². The van der Waals surface area contributed by atoms with Crippen LogP contribution in [0, 0.1) is 36.0 Å². The van der Waals surface area contributed by atoms with Gasteiger partial charge in [-0.15, -0.1) is 12.4 Å². The Bertz CT molecular complexity index is 538. The molecule has 0 radical (unpaired) electrons. The zero-order chi connectivity index (χ0) is 13.9. The van der Waals surface area contributed by atoms with E-state index >= 15 is 0 Å². The highest BCUT2D eigenvalue weighted by atomic mass is 35.5. The summed E-state index contributed by atoms with van der Waals surface area (Å²) in [6, 6.07) is 8.79. The van der Waals surface area contributed by atoms with Crippen molar-refractivity contribution in [3.8, 4) is 0 Å². The predicted octanol–water partition coefficient (Wildman–Crippen LogP) is 4.05. The maximum atomic E-state index is 8.40. The molecular weight excluding hydrogens is 280 g/mol. The molecular formula is C18H25ClN2. The molecule has 0 spiro atoms. The van der Waals surface area contributed by atoms with Crippen LogP contribution in [0.3, 0.4) is 0 Å². The summed E-state index contributed by atoms with van der Waals surface area (Å²) >= 11 is 0. The summed E-state index contributed by atoms with van der Waals surface area (Å²) in [7, 11) is 0. The smallest absolute Gasteiger partial charge is 0.102 e. The third kappa shape index (κ3) is 1.95. The molecule has 21 heavy (non-hydrogen) atoms. The molecule has 5 rings (SSSR count). The number of nitrogens with one attached hydrogen (secondary N) is 1. The van der Waals surface area contributed by atoms with Crippen molar-refractivity contribution in [1.29, 1.82) is 5.41 Å². The largest absolute Gasteiger partial charge is 0.387 e. The molecule has 0 heterocycles. The fourth-order valence-electron chi connectivity index (χ4n) is 5.90. The van der Waals surface area contributed by atoms with E-state index < -0.39 is 0 Å². The molecule has 0 unspecified atom stereocenters. The van der Waals surface area contributed by atoms with Crippen LogP contribution in [0.15, 0.2) is 24.3 Å². The lowest BCUT2D eigenvalue weighted by Gasteiger charge is -2.61. The summed E-state index contributed by atoms with van der Waals surface area (Å²) in [5.74, 6) is 3.47. The number of hydrogen-bond donors (Lipinski definition) is 2. The fraction of sp³-hybridized carbons (Fsp3) is 0.611. The van der Waals surface area contributed by atoms with Crippen molar-refractivity contribution in [2.45, 2.75) is 44.4 Å². The second-order valence-electron chi connectivity index (χ2n) is 7.46. The van der Waals surface area contributed by atoms with Crippen LogP contribution in [0.5, 0.6) is 0 Å². The molecule has 0 amide bonds. The zero-order valence-electron chi connectivity index (χ0n) is 12.6. The summed E-state index contributed by atoms with van der Waals surface area (Å²) in [6.45, 7) is 2.15. The lowest BCUT2D eigenvalue weighted by atomic mass is 9.43. The third-order valence-electron chi connectivity index (χ3n) is 6.37. The molecule has 2 nitrogen and oxygen atoms in total. The minimum Gasteiger partial charge on any atom is -0.387 e. The van der Waals surface area contributed by atoms with Gasteiger partial charge < -0.3 is 5.73 Å². The van der Waals surface area contributed by atoms with E-state index in [1.807, 2.05) is 0 Å². The molecule has 3 N–H and O–H groups in total. The van der Waals surface area contributed by atoms with Crippen LogP contribution < -0.4 is 5.73 Å². The summed E-state index contributed by atoms with van der Waals surface area (Å²) < 4.78 is 0. The fourth-order valence-corrected chi connectivity index (χ4v) is 5.90. The van der Waals surface area contributed by atoms with Gasteiger partial charge >= 0.3 is 0 Å². The zero-order valence-corrected chi connectivity index (χ0v) is 13.5. The minimum atomic E-state index is -0.153. The average molecular weight is 305 g/mol. The Kier molecular flexibility index (Phi) is 3.56. The molecule has 1 aromatic rings. The lowest BCUT2D eigenvalue weighted by molar-refractivity contribution is -0.0300. The Hall–Kier alpha value is -1.02. The van der Waals surface area contributed by atoms with Crippen LogP contribution in [-0.2, 0) is 5.41 Å². The van der Waals surface area contributed by atoms with Crippen molar-refractivity contribution in [2.24, 2.45) is 29.4 Å². The summed E-state index contributed by atoms with van der Waals surface area (Å²) in [6.07, 6.45) is 6.61. The maximum Gasteiger partial charge on any atom is 0.102 e. The van der Waals surface area contributed by atoms with Gasteiger partial charge in [-0.1, -0.05) is 29.8 Å². The van der Waals surface area contributed by atoms with E-state index in [2.05, 4.69) is 31.2 Å². The summed E-state index contributed by atoms with van der Waals surface area (Å²) in [5, 5.41) is 8.40. The number of hydrogen-bond acceptors (Lipinski definition) is 1. The second-order valence-corrected chi connectivity index (χ2v) is 7.46. The molecule has 4 bridgehead atoms. The molecule has 0 atom stereocenters. The van der Waals surface area contributed by atoms with Crippen LogP contribution in [0.2, 0.25) is 0 Å². The molecule has 4 aliphatic rings. The van der Waals surface area contributed by atoms with Crippen LogP contribution in [0.25, 0.3) is 0 Å². The SMILES string of the molecule is Cc1cccc(C2(C(=N)N)C3CC4CC(C3)CC2C4)c1.Cl. The standard InChI is InChI=1S/C18H24N2.ClH/c1-11-3-2-4-14(5-11)18(17(19)20)15-7-12-6-13(9-15)10-16(18)8-12;/h2-5,12-13,15-16H,6-10H2,1H3,(H3,19,20);1H. The molecule has 114 valence electrons. The molecule has 1 aromatic carbocycles.